The van der Waals surface area contributed by atoms with Crippen LogP contribution in [0.3, 0.4) is 0 Å². The van der Waals surface area contributed by atoms with Crippen LogP contribution in [0.1, 0.15) is 24.0 Å². The predicted molar refractivity (Wildman–Crippen MR) is 151 cm³/mol. The summed E-state index contributed by atoms with van der Waals surface area (Å²) in [7, 11) is 1.54. The number of tetrazole rings is 1. The first-order valence-electron chi connectivity index (χ1n) is 12.9. The lowest BCUT2D eigenvalue weighted by Crippen LogP contribution is -2.23. The molecule has 5 aromatic rings. The van der Waals surface area contributed by atoms with Gasteiger partial charge >= 0.3 is 6.09 Å². The first kappa shape index (κ1) is 26.4. The van der Waals surface area contributed by atoms with Gasteiger partial charge in [-0.2, -0.15) is 4.68 Å². The number of carbonyl (C=O) groups excluding carboxylic acids is 1. The van der Waals surface area contributed by atoms with Crippen molar-refractivity contribution < 1.29 is 14.3 Å². The lowest BCUT2D eigenvalue weighted by molar-refractivity contribution is 0.107. The number of aromatic nitrogens is 7. The quantitative estimate of drug-likeness (QED) is 0.263. The molecule has 2 aromatic carbocycles. The molecule has 1 unspecified atom stereocenters. The Morgan fingerprint density at radius 3 is 2.76 bits per heavy atom. The maximum Gasteiger partial charge on any atom is 0.411 e. The van der Waals surface area contributed by atoms with Crippen LogP contribution in [0.4, 0.5) is 10.5 Å². The molecule has 0 saturated carbocycles. The number of nitrogens with zero attached hydrogens (tertiary/aromatic N) is 6. The van der Waals surface area contributed by atoms with Gasteiger partial charge in [0, 0.05) is 35.1 Å². The summed E-state index contributed by atoms with van der Waals surface area (Å²) in [5.41, 5.74) is 5.29. The Balaban J connectivity index is 1.22. The molecular formula is C28H25ClN8O4. The maximum absolute atomic E-state index is 13.4. The van der Waals surface area contributed by atoms with E-state index in [1.165, 1.54) is 6.33 Å². The van der Waals surface area contributed by atoms with Crippen molar-refractivity contribution >= 4 is 23.4 Å². The van der Waals surface area contributed by atoms with Crippen LogP contribution in [-0.4, -0.2) is 61.2 Å². The van der Waals surface area contributed by atoms with E-state index in [-0.39, 0.29) is 18.2 Å². The number of rotatable bonds is 8. The highest BCUT2D eigenvalue weighted by molar-refractivity contribution is 6.31. The first-order valence-corrected chi connectivity index (χ1v) is 13.2. The number of benzene rings is 2. The molecular weight excluding hydrogens is 548 g/mol. The van der Waals surface area contributed by atoms with Crippen molar-refractivity contribution in [3.05, 3.63) is 94.0 Å². The number of aromatic amines is 1. The van der Waals surface area contributed by atoms with Gasteiger partial charge in [0.1, 0.15) is 18.8 Å². The zero-order chi connectivity index (χ0) is 28.3. The normalized spacial score (nSPS) is 14.1. The van der Waals surface area contributed by atoms with Crippen molar-refractivity contribution in [1.29, 1.82) is 0 Å². The third-order valence-electron chi connectivity index (χ3n) is 6.87. The van der Waals surface area contributed by atoms with E-state index in [1.54, 1.807) is 52.9 Å². The molecule has 0 radical (unpaired) electrons. The molecule has 13 heteroatoms. The third-order valence-corrected chi connectivity index (χ3v) is 7.11. The molecule has 0 bridgehead atoms. The van der Waals surface area contributed by atoms with Gasteiger partial charge in [0.05, 0.1) is 30.2 Å². The Hall–Kier alpha value is -4.81. The topological polar surface area (TPSA) is 142 Å². The molecule has 0 aliphatic carbocycles. The summed E-state index contributed by atoms with van der Waals surface area (Å²) in [5.74, 6) is 0.703. The molecule has 1 amide bonds. The molecule has 6 rings (SSSR count). The number of carbonyl (C=O) groups is 1. The minimum Gasteiger partial charge on any atom is -0.447 e. The number of methoxy groups -OCH3 is 1. The summed E-state index contributed by atoms with van der Waals surface area (Å²) < 4.78 is 13.2. The molecule has 0 fully saturated rings. The highest BCUT2D eigenvalue weighted by atomic mass is 35.5. The van der Waals surface area contributed by atoms with Crippen molar-refractivity contribution in [2.75, 3.05) is 25.6 Å². The van der Waals surface area contributed by atoms with E-state index in [4.69, 9.17) is 21.1 Å². The number of hydrogen-bond acceptors (Lipinski definition) is 8. The summed E-state index contributed by atoms with van der Waals surface area (Å²) in [6, 6.07) is 16.1. The number of amides is 1. The van der Waals surface area contributed by atoms with Crippen LogP contribution in [-0.2, 0) is 15.9 Å². The number of hydrogen-bond donors (Lipinski definition) is 2. The van der Waals surface area contributed by atoms with Crippen LogP contribution in [0.2, 0.25) is 5.02 Å². The zero-order valence-electron chi connectivity index (χ0n) is 22.0. The van der Waals surface area contributed by atoms with Crippen molar-refractivity contribution in [1.82, 2.24) is 34.7 Å². The number of anilines is 1. The lowest BCUT2D eigenvalue weighted by atomic mass is 10.0. The molecule has 0 saturated heterocycles. The van der Waals surface area contributed by atoms with Crippen LogP contribution in [0.25, 0.3) is 28.1 Å². The van der Waals surface area contributed by atoms with Crippen molar-refractivity contribution in [2.45, 2.75) is 18.9 Å². The van der Waals surface area contributed by atoms with Gasteiger partial charge in [-0.1, -0.05) is 23.7 Å². The minimum absolute atomic E-state index is 0.131. The van der Waals surface area contributed by atoms with E-state index in [0.717, 1.165) is 40.2 Å². The molecule has 4 heterocycles. The number of halogens is 1. The Bertz CT molecular complexity index is 1750. The van der Waals surface area contributed by atoms with Gasteiger partial charge < -0.3 is 19.0 Å². The molecule has 1 aliphatic heterocycles. The Labute approximate surface area is 238 Å². The Morgan fingerprint density at radius 2 is 1.98 bits per heavy atom. The van der Waals surface area contributed by atoms with Crippen LogP contribution in [0, 0.1) is 0 Å². The highest BCUT2D eigenvalue weighted by Crippen LogP contribution is 2.34. The van der Waals surface area contributed by atoms with Gasteiger partial charge in [0.2, 0.25) is 0 Å². The highest BCUT2D eigenvalue weighted by Gasteiger charge is 2.28. The van der Waals surface area contributed by atoms with Crippen molar-refractivity contribution in [3.63, 3.8) is 0 Å². The first-order chi connectivity index (χ1) is 20.0. The molecule has 1 aliphatic rings. The minimum atomic E-state index is -0.547. The molecule has 41 heavy (non-hydrogen) atoms. The number of ether oxygens (including phenoxy) is 2. The van der Waals surface area contributed by atoms with Gasteiger partial charge in [-0.05, 0) is 70.8 Å². The number of pyridine rings is 1. The molecule has 1 atom stereocenters. The van der Waals surface area contributed by atoms with E-state index >= 15 is 0 Å². The molecule has 12 nitrogen and oxygen atoms in total. The fourth-order valence-corrected chi connectivity index (χ4v) is 5.15. The summed E-state index contributed by atoms with van der Waals surface area (Å²) in [4.78, 5) is 33.3. The second-order valence-corrected chi connectivity index (χ2v) is 9.86. The molecule has 0 spiro atoms. The number of imidazole rings is 1. The average Bonchev–Trinajstić information content (AvgIpc) is 3.75. The number of nitrogens with one attached hydrogen (secondary N) is 2. The fraction of sp³-hybridized carbons (Fsp3) is 0.214. The second kappa shape index (κ2) is 11.4. The fourth-order valence-electron chi connectivity index (χ4n) is 4.98. The Morgan fingerprint density at radius 1 is 1.12 bits per heavy atom. The lowest BCUT2D eigenvalue weighted by Gasteiger charge is -2.15. The molecule has 3 aromatic heterocycles. The zero-order valence-corrected chi connectivity index (χ0v) is 22.7. The van der Waals surface area contributed by atoms with Gasteiger partial charge in [-0.25, -0.2) is 9.78 Å². The van der Waals surface area contributed by atoms with Crippen LogP contribution in [0.15, 0.2) is 71.9 Å². The number of H-pyrrole nitrogens is 1. The van der Waals surface area contributed by atoms with E-state index in [2.05, 4.69) is 30.8 Å². The van der Waals surface area contributed by atoms with Crippen molar-refractivity contribution in [3.8, 4) is 28.1 Å². The SMILES string of the molecule is COCCOC(=O)Nc1ccc(-c2cnc(C3CCc4cc(-c5cc(Cl)ccc5-n5cnnn5)cc(=O)n43)[nH]2)cc1. The summed E-state index contributed by atoms with van der Waals surface area (Å²) in [6.45, 7) is 0.506. The summed E-state index contributed by atoms with van der Waals surface area (Å²) in [5, 5.41) is 14.7. The van der Waals surface area contributed by atoms with E-state index in [9.17, 15) is 9.59 Å². The monoisotopic (exact) mass is 572 g/mol. The largest absolute Gasteiger partial charge is 0.447 e. The predicted octanol–water partition coefficient (Wildman–Crippen LogP) is 4.27. The van der Waals surface area contributed by atoms with Gasteiger partial charge in [-0.15, -0.1) is 5.10 Å². The second-order valence-electron chi connectivity index (χ2n) is 9.43. The van der Waals surface area contributed by atoms with Gasteiger partial charge in [-0.3, -0.25) is 10.1 Å². The van der Waals surface area contributed by atoms with E-state index < -0.39 is 6.09 Å². The Kier molecular flexibility index (Phi) is 7.32. The van der Waals surface area contributed by atoms with Crippen LogP contribution < -0.4 is 10.9 Å². The van der Waals surface area contributed by atoms with Gasteiger partial charge in [0.15, 0.2) is 0 Å². The third kappa shape index (κ3) is 5.47. The standard InChI is InChI=1S/C28H25ClN8O4/c1-40-10-11-41-28(39)32-20-5-2-17(3-6-20)23-15-30-27(33-23)25-9-7-21-12-18(13-26(38)37(21)25)22-14-19(29)4-8-24(22)36-16-31-34-35-36/h2-6,8,12-16,25H,7,9-11H2,1H3,(H,30,33)(H,32,39). The van der Waals surface area contributed by atoms with Gasteiger partial charge in [0.25, 0.3) is 5.56 Å². The average molecular weight is 573 g/mol. The summed E-state index contributed by atoms with van der Waals surface area (Å²) in [6.07, 6.45) is 4.15. The van der Waals surface area contributed by atoms with Crippen molar-refractivity contribution in [2.24, 2.45) is 0 Å². The van der Waals surface area contributed by atoms with E-state index in [1.807, 2.05) is 24.3 Å². The van der Waals surface area contributed by atoms with Crippen LogP contribution in [0.5, 0.6) is 0 Å². The van der Waals surface area contributed by atoms with Crippen LogP contribution >= 0.6 is 11.6 Å². The summed E-state index contributed by atoms with van der Waals surface area (Å²) >= 11 is 6.31. The number of fused-ring (bicyclic) bond motifs is 1. The maximum atomic E-state index is 13.4. The number of aryl methyl sites for hydroxylation is 1. The van der Waals surface area contributed by atoms with E-state index in [0.29, 0.717) is 29.6 Å². The smallest absolute Gasteiger partial charge is 0.411 e. The molecule has 2 N–H and O–H groups in total. The molecule has 208 valence electrons.